The highest BCUT2D eigenvalue weighted by molar-refractivity contribution is 6.30. The number of piperazine rings is 1. The van der Waals surface area contributed by atoms with Gasteiger partial charge >= 0.3 is 0 Å². The van der Waals surface area contributed by atoms with Crippen molar-refractivity contribution >= 4 is 29.3 Å². The van der Waals surface area contributed by atoms with Gasteiger partial charge in [-0.05, 0) is 53.4 Å². The third-order valence-corrected chi connectivity index (χ3v) is 7.25. The van der Waals surface area contributed by atoms with E-state index in [9.17, 15) is 4.79 Å². The van der Waals surface area contributed by atoms with Crippen LogP contribution in [0.3, 0.4) is 0 Å². The van der Waals surface area contributed by atoms with Gasteiger partial charge in [-0.2, -0.15) is 4.98 Å². The Hall–Kier alpha value is -4.01. The van der Waals surface area contributed by atoms with Crippen LogP contribution in [0.5, 0.6) is 0 Å². The molecule has 0 bridgehead atoms. The summed E-state index contributed by atoms with van der Waals surface area (Å²) in [5.74, 6) is 1.65. The molecular formula is C31H34ClN7O. The van der Waals surface area contributed by atoms with Gasteiger partial charge in [0, 0.05) is 69.4 Å². The molecule has 3 heterocycles. The lowest BCUT2D eigenvalue weighted by Crippen LogP contribution is -2.50. The lowest BCUT2D eigenvalue weighted by atomic mass is 10.1. The maximum absolute atomic E-state index is 13.5. The number of amides is 1. The number of carbonyl (C=O) groups is 1. The number of hydrogen-bond acceptors (Lipinski definition) is 7. The van der Waals surface area contributed by atoms with Gasteiger partial charge in [-0.3, -0.25) is 14.7 Å². The minimum Gasteiger partial charge on any atom is -0.354 e. The molecule has 0 atom stereocenters. The second-order valence-corrected chi connectivity index (χ2v) is 10.3. The van der Waals surface area contributed by atoms with E-state index in [1.54, 1.807) is 18.6 Å². The minimum absolute atomic E-state index is 0.128. The van der Waals surface area contributed by atoms with Gasteiger partial charge in [0.15, 0.2) is 0 Å². The Kier molecular flexibility index (Phi) is 9.55. The van der Waals surface area contributed by atoms with Gasteiger partial charge in [-0.15, -0.1) is 0 Å². The first-order chi connectivity index (χ1) is 19.6. The number of pyridine rings is 1. The highest BCUT2D eigenvalue weighted by Crippen LogP contribution is 2.17. The average Bonchev–Trinajstić information content (AvgIpc) is 2.99. The Balaban J connectivity index is 1.13. The van der Waals surface area contributed by atoms with Crippen LogP contribution in [0.2, 0.25) is 5.02 Å². The summed E-state index contributed by atoms with van der Waals surface area (Å²) in [7, 11) is 0. The zero-order chi connectivity index (χ0) is 27.6. The standard InChI is InChI=1S/C31H34ClN7O/c32-28-8-6-25(7-9-28)12-16-34-31-35-17-13-29(36-31)38-20-18-37(19-21-38)24-30(40)39(22-26-4-2-1-3-5-26)23-27-10-14-33-15-11-27/h1-11,13-15,17H,12,16,18-24H2,(H,34,35,36). The predicted octanol–water partition coefficient (Wildman–Crippen LogP) is 4.53. The molecule has 0 radical (unpaired) electrons. The molecule has 2 aromatic carbocycles. The van der Waals surface area contributed by atoms with Crippen LogP contribution in [0.25, 0.3) is 0 Å². The Bertz CT molecular complexity index is 1310. The summed E-state index contributed by atoms with van der Waals surface area (Å²) in [5.41, 5.74) is 3.41. The van der Waals surface area contributed by atoms with E-state index in [4.69, 9.17) is 16.6 Å². The zero-order valence-electron chi connectivity index (χ0n) is 22.5. The van der Waals surface area contributed by atoms with Crippen LogP contribution in [0.15, 0.2) is 91.4 Å². The summed E-state index contributed by atoms with van der Waals surface area (Å²) in [6, 6.07) is 23.9. The summed E-state index contributed by atoms with van der Waals surface area (Å²) in [4.78, 5) is 33.1. The van der Waals surface area contributed by atoms with E-state index in [0.717, 1.165) is 61.1 Å². The fourth-order valence-electron chi connectivity index (χ4n) is 4.75. The van der Waals surface area contributed by atoms with Gasteiger partial charge in [0.2, 0.25) is 11.9 Å². The maximum Gasteiger partial charge on any atom is 0.237 e. The van der Waals surface area contributed by atoms with E-state index >= 15 is 0 Å². The molecule has 0 unspecified atom stereocenters. The van der Waals surface area contributed by atoms with Crippen molar-refractivity contribution in [2.75, 3.05) is 49.5 Å². The van der Waals surface area contributed by atoms with Crippen molar-refractivity contribution in [3.63, 3.8) is 0 Å². The largest absolute Gasteiger partial charge is 0.354 e. The van der Waals surface area contributed by atoms with Crippen LogP contribution in [0, 0.1) is 0 Å². The fourth-order valence-corrected chi connectivity index (χ4v) is 4.88. The quantitative estimate of drug-likeness (QED) is 0.291. The number of nitrogens with zero attached hydrogens (tertiary/aromatic N) is 6. The second-order valence-electron chi connectivity index (χ2n) is 9.90. The Morgan fingerprint density at radius 3 is 2.25 bits per heavy atom. The number of anilines is 2. The van der Waals surface area contributed by atoms with Crippen LogP contribution in [0.4, 0.5) is 11.8 Å². The molecule has 1 fully saturated rings. The first-order valence-corrected chi connectivity index (χ1v) is 14.0. The second kappa shape index (κ2) is 13.9. The number of carbonyl (C=O) groups excluding carboxylic acids is 1. The third kappa shape index (κ3) is 8.00. The fraction of sp³-hybridized carbons (Fsp3) is 0.290. The van der Waals surface area contributed by atoms with E-state index in [1.807, 2.05) is 65.6 Å². The first-order valence-electron chi connectivity index (χ1n) is 13.6. The minimum atomic E-state index is 0.128. The van der Waals surface area contributed by atoms with E-state index < -0.39 is 0 Å². The summed E-state index contributed by atoms with van der Waals surface area (Å²) < 4.78 is 0. The molecule has 5 rings (SSSR count). The molecule has 206 valence electrons. The van der Waals surface area contributed by atoms with Gasteiger partial charge in [-0.25, -0.2) is 4.98 Å². The highest BCUT2D eigenvalue weighted by atomic mass is 35.5. The Morgan fingerprint density at radius 1 is 0.825 bits per heavy atom. The van der Waals surface area contributed by atoms with Crippen LogP contribution in [-0.2, 0) is 24.3 Å². The maximum atomic E-state index is 13.5. The molecule has 40 heavy (non-hydrogen) atoms. The molecule has 1 saturated heterocycles. The molecule has 1 aliphatic rings. The Morgan fingerprint density at radius 2 is 1.52 bits per heavy atom. The zero-order valence-corrected chi connectivity index (χ0v) is 23.2. The molecule has 4 aromatic rings. The van der Waals surface area contributed by atoms with Crippen molar-refractivity contribution in [1.82, 2.24) is 24.8 Å². The molecule has 8 nitrogen and oxygen atoms in total. The number of aromatic nitrogens is 3. The molecule has 9 heteroatoms. The van der Waals surface area contributed by atoms with E-state index in [1.165, 1.54) is 5.56 Å². The van der Waals surface area contributed by atoms with Crippen LogP contribution < -0.4 is 10.2 Å². The molecule has 1 aliphatic heterocycles. The number of benzene rings is 2. The SMILES string of the molecule is O=C(CN1CCN(c2ccnc(NCCc3ccc(Cl)cc3)n2)CC1)N(Cc1ccccc1)Cc1ccncc1. The van der Waals surface area contributed by atoms with Crippen LogP contribution in [-0.4, -0.2) is 69.9 Å². The number of hydrogen-bond donors (Lipinski definition) is 1. The molecule has 1 amide bonds. The Labute approximate surface area is 240 Å². The molecule has 0 aliphatic carbocycles. The summed E-state index contributed by atoms with van der Waals surface area (Å²) in [5, 5.41) is 4.07. The van der Waals surface area contributed by atoms with Crippen molar-refractivity contribution in [3.05, 3.63) is 113 Å². The smallest absolute Gasteiger partial charge is 0.237 e. The molecular weight excluding hydrogens is 522 g/mol. The predicted molar refractivity (Wildman–Crippen MR) is 159 cm³/mol. The number of halogens is 1. The molecule has 0 saturated carbocycles. The molecule has 2 aromatic heterocycles. The van der Waals surface area contributed by atoms with E-state index in [0.29, 0.717) is 25.6 Å². The lowest BCUT2D eigenvalue weighted by molar-refractivity contribution is -0.133. The summed E-state index contributed by atoms with van der Waals surface area (Å²) >= 11 is 5.98. The van der Waals surface area contributed by atoms with Crippen LogP contribution >= 0.6 is 11.6 Å². The topological polar surface area (TPSA) is 77.5 Å². The van der Waals surface area contributed by atoms with Crippen molar-refractivity contribution in [2.24, 2.45) is 0 Å². The third-order valence-electron chi connectivity index (χ3n) is 7.00. The number of nitrogens with one attached hydrogen (secondary N) is 1. The van der Waals surface area contributed by atoms with Crippen molar-refractivity contribution in [1.29, 1.82) is 0 Å². The van der Waals surface area contributed by atoms with Gasteiger partial charge in [0.05, 0.1) is 6.54 Å². The van der Waals surface area contributed by atoms with E-state index in [2.05, 4.69) is 37.2 Å². The monoisotopic (exact) mass is 555 g/mol. The molecule has 1 N–H and O–H groups in total. The molecule has 0 spiro atoms. The first kappa shape index (κ1) is 27.6. The van der Waals surface area contributed by atoms with Gasteiger partial charge < -0.3 is 15.1 Å². The summed E-state index contributed by atoms with van der Waals surface area (Å²) in [6.07, 6.45) is 6.20. The lowest BCUT2D eigenvalue weighted by Gasteiger charge is -2.36. The van der Waals surface area contributed by atoms with Crippen LogP contribution in [0.1, 0.15) is 16.7 Å². The number of rotatable bonds is 11. The highest BCUT2D eigenvalue weighted by Gasteiger charge is 2.23. The summed E-state index contributed by atoms with van der Waals surface area (Å²) in [6.45, 7) is 5.47. The normalized spacial score (nSPS) is 13.7. The van der Waals surface area contributed by atoms with E-state index in [-0.39, 0.29) is 5.91 Å². The van der Waals surface area contributed by atoms with Crippen molar-refractivity contribution in [2.45, 2.75) is 19.5 Å². The van der Waals surface area contributed by atoms with Gasteiger partial charge in [0.1, 0.15) is 5.82 Å². The van der Waals surface area contributed by atoms with Gasteiger partial charge in [-0.1, -0.05) is 54.1 Å². The van der Waals surface area contributed by atoms with Crippen molar-refractivity contribution < 1.29 is 4.79 Å². The van der Waals surface area contributed by atoms with Crippen molar-refractivity contribution in [3.8, 4) is 0 Å². The van der Waals surface area contributed by atoms with Gasteiger partial charge in [0.25, 0.3) is 0 Å². The average molecular weight is 556 g/mol.